The van der Waals surface area contributed by atoms with Crippen LogP contribution in [0.2, 0.25) is 0 Å². The molecule has 34 heavy (non-hydrogen) atoms. The van der Waals surface area contributed by atoms with Gasteiger partial charge in [0.25, 0.3) is 0 Å². The fourth-order valence-electron chi connectivity index (χ4n) is 4.69. The number of esters is 1. The zero-order chi connectivity index (χ0) is 24.9. The molecule has 0 heterocycles. The Hall–Kier alpha value is -3.63. The molecular formula is C27H30N2O5. The number of carbonyl (C=O) groups is 2. The highest BCUT2D eigenvalue weighted by Gasteiger charge is 2.78. The Balaban J connectivity index is 1.86. The van der Waals surface area contributed by atoms with Gasteiger partial charge in [0, 0.05) is 18.5 Å². The van der Waals surface area contributed by atoms with Gasteiger partial charge in [0.2, 0.25) is 0 Å². The minimum absolute atomic E-state index is 0.239. The Morgan fingerprint density at radius 3 is 2.44 bits per heavy atom. The van der Waals surface area contributed by atoms with Crippen molar-refractivity contribution in [1.82, 2.24) is 4.90 Å². The van der Waals surface area contributed by atoms with Gasteiger partial charge in [-0.2, -0.15) is 5.26 Å². The second-order valence-electron chi connectivity index (χ2n) is 9.25. The fourth-order valence-corrected chi connectivity index (χ4v) is 4.69. The van der Waals surface area contributed by atoms with Crippen molar-refractivity contribution in [3.63, 3.8) is 0 Å². The molecule has 7 nitrogen and oxygen atoms in total. The van der Waals surface area contributed by atoms with Gasteiger partial charge in [-0.05, 0) is 49.3 Å². The van der Waals surface area contributed by atoms with Crippen molar-refractivity contribution in [3.8, 4) is 17.6 Å². The van der Waals surface area contributed by atoms with Gasteiger partial charge in [-0.1, -0.05) is 50.3 Å². The smallest absolute Gasteiger partial charge is 0.330 e. The van der Waals surface area contributed by atoms with E-state index in [2.05, 4.69) is 6.07 Å². The molecule has 0 spiro atoms. The van der Waals surface area contributed by atoms with Crippen LogP contribution < -0.4 is 4.74 Å². The number of hydrogen-bond acceptors (Lipinski definition) is 6. The largest absolute Gasteiger partial charge is 0.481 e. The van der Waals surface area contributed by atoms with E-state index in [1.807, 2.05) is 63.2 Å². The van der Waals surface area contributed by atoms with Gasteiger partial charge in [-0.3, -0.25) is 4.79 Å². The van der Waals surface area contributed by atoms with Gasteiger partial charge in [0.1, 0.15) is 23.5 Å². The summed E-state index contributed by atoms with van der Waals surface area (Å²) in [6.07, 6.45) is 2.84. The fraction of sp³-hybridized carbons (Fsp3) is 0.370. The molecule has 2 aromatic carbocycles. The number of nitriles is 1. The van der Waals surface area contributed by atoms with E-state index in [9.17, 15) is 20.0 Å². The van der Waals surface area contributed by atoms with E-state index < -0.39 is 34.6 Å². The lowest BCUT2D eigenvalue weighted by Crippen LogP contribution is -2.28. The summed E-state index contributed by atoms with van der Waals surface area (Å²) in [5, 5.41) is 20.4. The van der Waals surface area contributed by atoms with E-state index in [1.165, 1.54) is 6.08 Å². The van der Waals surface area contributed by atoms with Crippen molar-refractivity contribution < 1.29 is 24.2 Å². The van der Waals surface area contributed by atoms with Gasteiger partial charge in [-0.25, -0.2) is 4.79 Å². The Kier molecular flexibility index (Phi) is 7.43. The van der Waals surface area contributed by atoms with Crippen LogP contribution in [0.15, 0.2) is 66.7 Å². The van der Waals surface area contributed by atoms with Crippen molar-refractivity contribution in [1.29, 1.82) is 5.26 Å². The summed E-state index contributed by atoms with van der Waals surface area (Å²) < 4.78 is 11.1. The first kappa shape index (κ1) is 25.0. The summed E-state index contributed by atoms with van der Waals surface area (Å²) in [5.41, 5.74) is -1.60. The topological polar surface area (TPSA) is 99.9 Å². The molecule has 1 fully saturated rings. The summed E-state index contributed by atoms with van der Waals surface area (Å²) >= 11 is 0. The number of para-hydroxylation sites is 1. The first-order chi connectivity index (χ1) is 16.1. The second-order valence-corrected chi connectivity index (χ2v) is 9.25. The first-order valence-electron chi connectivity index (χ1n) is 11.1. The summed E-state index contributed by atoms with van der Waals surface area (Å²) in [7, 11) is 3.75. The predicted molar refractivity (Wildman–Crippen MR) is 127 cm³/mol. The van der Waals surface area contributed by atoms with Gasteiger partial charge in [-0.15, -0.1) is 0 Å². The highest BCUT2D eigenvalue weighted by Crippen LogP contribution is 2.75. The first-order valence-corrected chi connectivity index (χ1v) is 11.1. The van der Waals surface area contributed by atoms with Crippen molar-refractivity contribution in [2.75, 3.05) is 27.2 Å². The molecule has 0 saturated heterocycles. The number of hydrogen-bond donors (Lipinski definition) is 1. The van der Waals surface area contributed by atoms with Crippen molar-refractivity contribution in [3.05, 3.63) is 72.3 Å². The molecule has 0 radical (unpaired) electrons. The highest BCUT2D eigenvalue weighted by atomic mass is 16.5. The molecule has 3 atom stereocenters. The molecule has 7 heteroatoms. The van der Waals surface area contributed by atoms with E-state index in [-0.39, 0.29) is 6.61 Å². The van der Waals surface area contributed by atoms with Crippen molar-refractivity contribution in [2.45, 2.75) is 19.8 Å². The second kappa shape index (κ2) is 10.1. The number of allylic oxidation sites excluding steroid dienone is 1. The number of carboxylic acids is 1. The van der Waals surface area contributed by atoms with Crippen LogP contribution in [-0.4, -0.2) is 49.2 Å². The average molecular weight is 463 g/mol. The third kappa shape index (κ3) is 4.82. The highest BCUT2D eigenvalue weighted by molar-refractivity contribution is 5.86. The SMILES string of the molecule is CN(C)CCOC(=O)C=C[C@H]1C(C)(C)[C@]1(C(=O)O)[C@@H](C#N)c1cccc(Oc2ccccc2)c1. The van der Waals surface area contributed by atoms with E-state index in [0.717, 1.165) is 0 Å². The number of likely N-dealkylation sites (N-methyl/N-ethyl adjacent to an activating group) is 1. The molecule has 0 aromatic heterocycles. The van der Waals surface area contributed by atoms with Crippen LogP contribution in [0.4, 0.5) is 0 Å². The van der Waals surface area contributed by atoms with E-state index >= 15 is 0 Å². The van der Waals surface area contributed by atoms with Crippen LogP contribution in [0, 0.1) is 28.1 Å². The Labute approximate surface area is 200 Å². The number of rotatable bonds is 10. The maximum Gasteiger partial charge on any atom is 0.330 e. The maximum atomic E-state index is 12.6. The molecule has 1 aliphatic carbocycles. The van der Waals surface area contributed by atoms with E-state index in [4.69, 9.17) is 9.47 Å². The van der Waals surface area contributed by atoms with Crippen molar-refractivity contribution in [2.24, 2.45) is 16.7 Å². The number of nitrogens with zero attached hydrogens (tertiary/aromatic N) is 2. The molecule has 178 valence electrons. The number of ether oxygens (including phenoxy) is 2. The third-order valence-electron chi connectivity index (χ3n) is 6.57. The predicted octanol–water partition coefficient (Wildman–Crippen LogP) is 4.47. The molecule has 0 aliphatic heterocycles. The van der Waals surface area contributed by atoms with E-state index in [0.29, 0.717) is 23.6 Å². The lowest BCUT2D eigenvalue weighted by atomic mass is 9.78. The van der Waals surface area contributed by atoms with Gasteiger partial charge < -0.3 is 19.5 Å². The molecule has 2 aromatic rings. The minimum Gasteiger partial charge on any atom is -0.481 e. The Bertz CT molecular complexity index is 1100. The Morgan fingerprint density at radius 2 is 1.82 bits per heavy atom. The Morgan fingerprint density at radius 1 is 1.15 bits per heavy atom. The molecular weight excluding hydrogens is 432 g/mol. The summed E-state index contributed by atoms with van der Waals surface area (Å²) in [4.78, 5) is 26.6. The van der Waals surface area contributed by atoms with Crippen LogP contribution in [0.1, 0.15) is 25.3 Å². The minimum atomic E-state index is -1.40. The molecule has 1 N–H and O–H groups in total. The van der Waals surface area contributed by atoms with Crippen LogP contribution >= 0.6 is 0 Å². The standard InChI is InChI=1S/C27H30N2O5/c1-26(2)23(13-14-24(30)33-16-15-29(3)4)27(26,25(31)32)22(18-28)19-9-8-12-21(17-19)34-20-10-6-5-7-11-20/h5-14,17,22-23H,15-16H2,1-4H3,(H,31,32)/t22-,23-,27+/m0/s1. The number of benzene rings is 2. The molecule has 0 bridgehead atoms. The van der Waals surface area contributed by atoms with Crippen LogP contribution in [-0.2, 0) is 14.3 Å². The number of aliphatic carboxylic acids is 1. The lowest BCUT2D eigenvalue weighted by Gasteiger charge is -2.22. The zero-order valence-corrected chi connectivity index (χ0v) is 19.9. The van der Waals surface area contributed by atoms with Crippen LogP contribution in [0.25, 0.3) is 0 Å². The van der Waals surface area contributed by atoms with Crippen LogP contribution in [0.3, 0.4) is 0 Å². The zero-order valence-electron chi connectivity index (χ0n) is 19.9. The quantitative estimate of drug-likeness (QED) is 0.411. The summed E-state index contributed by atoms with van der Waals surface area (Å²) in [6.45, 7) is 4.44. The molecule has 1 aliphatic rings. The van der Waals surface area contributed by atoms with Gasteiger partial charge in [0.15, 0.2) is 0 Å². The van der Waals surface area contributed by atoms with E-state index in [1.54, 1.807) is 30.3 Å². The normalized spacial score (nSPS) is 21.6. The molecule has 0 unspecified atom stereocenters. The lowest BCUT2D eigenvalue weighted by molar-refractivity contribution is -0.145. The van der Waals surface area contributed by atoms with Gasteiger partial charge >= 0.3 is 11.9 Å². The number of carboxylic acid groups (broad SMARTS) is 1. The monoisotopic (exact) mass is 462 g/mol. The van der Waals surface area contributed by atoms with Crippen molar-refractivity contribution >= 4 is 11.9 Å². The summed E-state index contributed by atoms with van der Waals surface area (Å²) in [5.74, 6) is -1.92. The molecule has 3 rings (SSSR count). The third-order valence-corrected chi connectivity index (χ3v) is 6.57. The average Bonchev–Trinajstić information content (AvgIpc) is 3.29. The summed E-state index contributed by atoms with van der Waals surface area (Å²) in [6, 6.07) is 18.4. The molecule has 0 amide bonds. The van der Waals surface area contributed by atoms with Gasteiger partial charge in [0.05, 0.1) is 12.0 Å². The maximum absolute atomic E-state index is 12.6. The number of carbonyl (C=O) groups excluding carboxylic acids is 1. The molecule has 1 saturated carbocycles. The van der Waals surface area contributed by atoms with Crippen LogP contribution in [0.5, 0.6) is 11.5 Å².